The number of ether oxygens (including phenoxy) is 1. The fraction of sp³-hybridized carbons (Fsp3) is 0.267. The molecule has 2 aromatic rings. The molecule has 0 radical (unpaired) electrons. The van der Waals surface area contributed by atoms with Crippen molar-refractivity contribution < 1.29 is 19.4 Å². The van der Waals surface area contributed by atoms with Crippen LogP contribution in [0.1, 0.15) is 0 Å². The predicted octanol–water partition coefficient (Wildman–Crippen LogP) is 0.899. The van der Waals surface area contributed by atoms with Crippen LogP contribution in [-0.4, -0.2) is 58.7 Å². The number of β-amino-alcohol motifs (C(OH)–C–C–N with tert-alkyl or cyclic N) is 1. The van der Waals surface area contributed by atoms with E-state index in [0.29, 0.717) is 10.5 Å². The van der Waals surface area contributed by atoms with Crippen molar-refractivity contribution in [1.82, 2.24) is 14.9 Å². The van der Waals surface area contributed by atoms with Crippen LogP contribution < -0.4 is 5.32 Å². The van der Waals surface area contributed by atoms with Crippen molar-refractivity contribution >= 4 is 40.8 Å². The second-order valence-corrected chi connectivity index (χ2v) is 5.67. The summed E-state index contributed by atoms with van der Waals surface area (Å²) in [5.41, 5.74) is 2.64. The van der Waals surface area contributed by atoms with Gasteiger partial charge in [0.2, 0.25) is 0 Å². The summed E-state index contributed by atoms with van der Waals surface area (Å²) in [4.78, 5) is 31.8. The summed E-state index contributed by atoms with van der Waals surface area (Å²) in [5, 5.41) is 12.0. The molecule has 9 heteroatoms. The summed E-state index contributed by atoms with van der Waals surface area (Å²) in [6.45, 7) is 0.0665. The number of nitrogens with zero attached hydrogens (tertiary/aromatic N) is 1. The van der Waals surface area contributed by atoms with Crippen molar-refractivity contribution in [2.24, 2.45) is 0 Å². The van der Waals surface area contributed by atoms with E-state index in [1.165, 1.54) is 12.0 Å². The second-order valence-electron chi connectivity index (χ2n) is 5.26. The molecule has 0 saturated heterocycles. The molecule has 3 rings (SSSR count). The molecule has 1 amide bonds. The highest BCUT2D eigenvalue weighted by Crippen LogP contribution is 2.24. The van der Waals surface area contributed by atoms with Crippen LogP contribution in [-0.2, 0) is 14.3 Å². The van der Waals surface area contributed by atoms with Gasteiger partial charge < -0.3 is 30.0 Å². The van der Waals surface area contributed by atoms with Crippen molar-refractivity contribution in [3.05, 3.63) is 34.2 Å². The molecule has 2 heterocycles. The molecule has 4 N–H and O–H groups in total. The Kier molecular flexibility index (Phi) is 4.36. The first-order chi connectivity index (χ1) is 11.5. The van der Waals surface area contributed by atoms with E-state index in [4.69, 9.17) is 22.1 Å². The zero-order chi connectivity index (χ0) is 17.3. The number of aromatic nitrogens is 2. The summed E-state index contributed by atoms with van der Waals surface area (Å²) < 4.78 is 5.25. The lowest BCUT2D eigenvalue weighted by Crippen LogP contribution is -2.31. The third kappa shape index (κ3) is 2.91. The average Bonchev–Trinajstić information content (AvgIpc) is 3.08. The molecule has 0 bridgehead atoms. The SMILES string of the molecule is COC(=O)C1=C(Nc2ccc3[nH]c(=S)[nH]c3c2)C(=O)N(CCO)C1. The summed E-state index contributed by atoms with van der Waals surface area (Å²) in [5.74, 6) is -0.931. The Hall–Kier alpha value is -2.65. The number of carbonyl (C=O) groups excluding carboxylic acids is 2. The quantitative estimate of drug-likeness (QED) is 0.472. The Morgan fingerprint density at radius 1 is 1.42 bits per heavy atom. The van der Waals surface area contributed by atoms with Crippen LogP contribution in [0.2, 0.25) is 0 Å². The highest BCUT2D eigenvalue weighted by molar-refractivity contribution is 7.71. The minimum atomic E-state index is -0.576. The zero-order valence-electron chi connectivity index (χ0n) is 12.9. The van der Waals surface area contributed by atoms with Gasteiger partial charge in [0.1, 0.15) is 5.70 Å². The summed E-state index contributed by atoms with van der Waals surface area (Å²) in [6.07, 6.45) is 0. The van der Waals surface area contributed by atoms with E-state index >= 15 is 0 Å². The molecule has 24 heavy (non-hydrogen) atoms. The Balaban J connectivity index is 1.94. The highest BCUT2D eigenvalue weighted by atomic mass is 32.1. The molecule has 0 atom stereocenters. The van der Waals surface area contributed by atoms with Gasteiger partial charge in [-0.15, -0.1) is 0 Å². The van der Waals surface area contributed by atoms with Crippen molar-refractivity contribution in [3.63, 3.8) is 0 Å². The van der Waals surface area contributed by atoms with Crippen LogP contribution >= 0.6 is 12.2 Å². The van der Waals surface area contributed by atoms with Gasteiger partial charge in [-0.1, -0.05) is 0 Å². The van der Waals surface area contributed by atoms with E-state index in [1.807, 2.05) is 6.07 Å². The van der Waals surface area contributed by atoms with Gasteiger partial charge in [0, 0.05) is 12.2 Å². The molecule has 1 aromatic carbocycles. The van der Waals surface area contributed by atoms with E-state index in [1.54, 1.807) is 12.1 Å². The monoisotopic (exact) mass is 348 g/mol. The summed E-state index contributed by atoms with van der Waals surface area (Å²) >= 11 is 5.05. The molecule has 8 nitrogen and oxygen atoms in total. The summed E-state index contributed by atoms with van der Waals surface area (Å²) in [7, 11) is 1.26. The van der Waals surface area contributed by atoms with Gasteiger partial charge in [0.05, 0.1) is 36.9 Å². The number of methoxy groups -OCH3 is 1. The first-order valence-electron chi connectivity index (χ1n) is 7.24. The van der Waals surface area contributed by atoms with Gasteiger partial charge in [0.15, 0.2) is 4.77 Å². The van der Waals surface area contributed by atoms with E-state index < -0.39 is 5.97 Å². The maximum Gasteiger partial charge on any atom is 0.337 e. The van der Waals surface area contributed by atoms with Crippen LogP contribution in [0.5, 0.6) is 0 Å². The molecule has 126 valence electrons. The largest absolute Gasteiger partial charge is 0.466 e. The number of imidazole rings is 1. The van der Waals surface area contributed by atoms with Crippen LogP contribution in [0.15, 0.2) is 29.5 Å². The second kappa shape index (κ2) is 6.46. The van der Waals surface area contributed by atoms with Crippen molar-refractivity contribution in [2.75, 3.05) is 32.1 Å². The Labute approximate surface area is 142 Å². The number of benzene rings is 1. The summed E-state index contributed by atoms with van der Waals surface area (Å²) in [6, 6.07) is 5.37. The standard InChI is InChI=1S/C15H16N4O4S/c1-23-14(22)9-7-19(4-5-20)13(21)12(9)16-8-2-3-10-11(6-8)18-15(24)17-10/h2-3,6,16,20H,4-5,7H2,1H3,(H2,17,18,24). The van der Waals surface area contributed by atoms with E-state index in [0.717, 1.165) is 11.0 Å². The number of H-pyrrole nitrogens is 2. The average molecular weight is 348 g/mol. The number of aliphatic hydroxyl groups is 1. The number of aliphatic hydroxyl groups excluding tert-OH is 1. The number of aromatic amines is 2. The maximum atomic E-state index is 12.5. The molecular weight excluding hydrogens is 332 g/mol. The van der Waals surface area contributed by atoms with E-state index in [2.05, 4.69) is 15.3 Å². The van der Waals surface area contributed by atoms with Crippen molar-refractivity contribution in [1.29, 1.82) is 0 Å². The zero-order valence-corrected chi connectivity index (χ0v) is 13.7. The first kappa shape index (κ1) is 16.2. The Morgan fingerprint density at radius 2 is 2.17 bits per heavy atom. The van der Waals surface area contributed by atoms with Gasteiger partial charge in [-0.25, -0.2) is 4.79 Å². The molecule has 0 saturated carbocycles. The lowest BCUT2D eigenvalue weighted by molar-refractivity contribution is -0.136. The van der Waals surface area contributed by atoms with Gasteiger partial charge in [-0.2, -0.15) is 0 Å². The lowest BCUT2D eigenvalue weighted by atomic mass is 10.2. The fourth-order valence-electron chi connectivity index (χ4n) is 2.60. The third-order valence-electron chi connectivity index (χ3n) is 3.74. The normalized spacial score (nSPS) is 14.6. The van der Waals surface area contributed by atoms with Gasteiger partial charge in [-0.05, 0) is 30.4 Å². The highest BCUT2D eigenvalue weighted by Gasteiger charge is 2.34. The number of carbonyl (C=O) groups is 2. The number of hydrogen-bond acceptors (Lipinski definition) is 6. The van der Waals surface area contributed by atoms with Crippen LogP contribution in [0, 0.1) is 4.77 Å². The van der Waals surface area contributed by atoms with E-state index in [9.17, 15) is 9.59 Å². The first-order valence-corrected chi connectivity index (χ1v) is 7.65. The number of nitrogens with one attached hydrogen (secondary N) is 3. The third-order valence-corrected chi connectivity index (χ3v) is 3.94. The van der Waals surface area contributed by atoms with Gasteiger partial charge >= 0.3 is 5.97 Å². The number of esters is 1. The molecule has 1 aromatic heterocycles. The lowest BCUT2D eigenvalue weighted by Gasteiger charge is -2.15. The van der Waals surface area contributed by atoms with Crippen molar-refractivity contribution in [3.8, 4) is 0 Å². The topological polar surface area (TPSA) is 110 Å². The maximum absolute atomic E-state index is 12.5. The Bertz CT molecular complexity index is 898. The molecular formula is C15H16N4O4S. The number of anilines is 1. The predicted molar refractivity (Wildman–Crippen MR) is 89.8 cm³/mol. The fourth-order valence-corrected chi connectivity index (χ4v) is 2.82. The van der Waals surface area contributed by atoms with Gasteiger partial charge in [-0.3, -0.25) is 4.79 Å². The van der Waals surface area contributed by atoms with Gasteiger partial charge in [0.25, 0.3) is 5.91 Å². The van der Waals surface area contributed by atoms with Crippen LogP contribution in [0.25, 0.3) is 11.0 Å². The van der Waals surface area contributed by atoms with Crippen molar-refractivity contribution in [2.45, 2.75) is 0 Å². The number of amides is 1. The molecule has 0 unspecified atom stereocenters. The Morgan fingerprint density at radius 3 is 2.88 bits per heavy atom. The minimum Gasteiger partial charge on any atom is -0.466 e. The van der Waals surface area contributed by atoms with Crippen LogP contribution in [0.4, 0.5) is 5.69 Å². The molecule has 0 spiro atoms. The van der Waals surface area contributed by atoms with E-state index in [-0.39, 0.29) is 36.9 Å². The molecule has 0 aliphatic carbocycles. The smallest absolute Gasteiger partial charge is 0.337 e. The van der Waals surface area contributed by atoms with Crippen LogP contribution in [0.3, 0.4) is 0 Å². The number of hydrogen-bond donors (Lipinski definition) is 4. The molecule has 1 aliphatic rings. The number of fused-ring (bicyclic) bond motifs is 1. The number of rotatable bonds is 5. The molecule has 0 fully saturated rings. The minimum absolute atomic E-state index is 0.100. The molecule has 1 aliphatic heterocycles.